The van der Waals surface area contributed by atoms with Gasteiger partial charge in [-0.2, -0.15) is 0 Å². The molecule has 0 atom stereocenters. The second kappa shape index (κ2) is 6.90. The van der Waals surface area contributed by atoms with E-state index in [0.29, 0.717) is 26.9 Å². The molecule has 0 N–H and O–H groups in total. The molecule has 0 bridgehead atoms. The topological polar surface area (TPSA) is 56.5 Å². The molecule has 0 radical (unpaired) electrons. The van der Waals surface area contributed by atoms with Crippen molar-refractivity contribution in [2.24, 2.45) is 0 Å². The Balaban J connectivity index is 1.79. The molecule has 0 aliphatic rings. The smallest absolute Gasteiger partial charge is 0.276 e. The maximum absolute atomic E-state index is 12.8. The fourth-order valence-electron chi connectivity index (χ4n) is 2.63. The minimum absolute atomic E-state index is 0.131. The Bertz CT molecular complexity index is 1160. The van der Waals surface area contributed by atoms with E-state index in [4.69, 9.17) is 16.3 Å². The number of rotatable bonds is 4. The number of nitrogens with zero attached hydrogens (tertiary/aromatic N) is 3. The lowest BCUT2D eigenvalue weighted by Crippen LogP contribution is -2.23. The summed E-state index contributed by atoms with van der Waals surface area (Å²) in [7, 11) is 0. The van der Waals surface area contributed by atoms with E-state index in [1.54, 1.807) is 12.1 Å². The van der Waals surface area contributed by atoms with E-state index in [0.717, 1.165) is 16.9 Å². The summed E-state index contributed by atoms with van der Waals surface area (Å²) in [6.45, 7) is 2.56. The molecule has 0 saturated heterocycles. The van der Waals surface area contributed by atoms with Crippen LogP contribution in [0, 0.1) is 0 Å². The van der Waals surface area contributed by atoms with Crippen molar-refractivity contribution in [1.82, 2.24) is 14.6 Å². The molecule has 130 valence electrons. The van der Waals surface area contributed by atoms with Gasteiger partial charge in [-0.15, -0.1) is 10.2 Å². The van der Waals surface area contributed by atoms with Gasteiger partial charge in [0.25, 0.3) is 5.56 Å². The van der Waals surface area contributed by atoms with Crippen molar-refractivity contribution in [3.05, 3.63) is 74.0 Å². The summed E-state index contributed by atoms with van der Waals surface area (Å²) in [4.78, 5) is 13.4. The van der Waals surface area contributed by atoms with Crippen molar-refractivity contribution < 1.29 is 4.74 Å². The lowest BCUT2D eigenvalue weighted by atomic mass is 10.2. The quantitative estimate of drug-likeness (QED) is 0.542. The lowest BCUT2D eigenvalue weighted by molar-refractivity contribution is 0.340. The number of hydrogen-bond donors (Lipinski definition) is 0. The molecule has 0 saturated carbocycles. The Labute approximate surface area is 158 Å². The molecule has 2 aromatic carbocycles. The third-order valence-electron chi connectivity index (χ3n) is 3.84. The average Bonchev–Trinajstić information content (AvgIpc) is 3.19. The van der Waals surface area contributed by atoms with Crippen LogP contribution in [0.15, 0.2) is 53.3 Å². The number of benzene rings is 2. The molecule has 26 heavy (non-hydrogen) atoms. The van der Waals surface area contributed by atoms with Gasteiger partial charge in [0.1, 0.15) is 5.75 Å². The Hall–Kier alpha value is -2.70. The minimum atomic E-state index is -0.131. The van der Waals surface area contributed by atoms with Crippen molar-refractivity contribution >= 4 is 34.0 Å². The maximum atomic E-state index is 12.8. The SMILES string of the molecule is CCOc1ccc(C=c2sc3nnc(-c4ccc(Cl)cc4)n3c2=O)cc1. The summed E-state index contributed by atoms with van der Waals surface area (Å²) in [6.07, 6.45) is 1.85. The van der Waals surface area contributed by atoms with Gasteiger partial charge in [0, 0.05) is 10.6 Å². The molecule has 0 aliphatic carbocycles. The largest absolute Gasteiger partial charge is 0.494 e. The van der Waals surface area contributed by atoms with Crippen LogP contribution in [0.5, 0.6) is 5.75 Å². The highest BCUT2D eigenvalue weighted by atomic mass is 35.5. The van der Waals surface area contributed by atoms with Gasteiger partial charge in [-0.3, -0.25) is 4.79 Å². The van der Waals surface area contributed by atoms with Crippen LogP contribution in [0.2, 0.25) is 5.02 Å². The van der Waals surface area contributed by atoms with Crippen LogP contribution < -0.4 is 14.8 Å². The third kappa shape index (κ3) is 3.09. The molecule has 0 spiro atoms. The fourth-order valence-corrected chi connectivity index (χ4v) is 3.67. The van der Waals surface area contributed by atoms with E-state index < -0.39 is 0 Å². The molecule has 5 nitrogen and oxygen atoms in total. The number of halogens is 1. The van der Waals surface area contributed by atoms with E-state index in [1.807, 2.05) is 49.4 Å². The first kappa shape index (κ1) is 16.8. The molecule has 2 heterocycles. The summed E-state index contributed by atoms with van der Waals surface area (Å²) in [5, 5.41) is 8.91. The highest BCUT2D eigenvalue weighted by Crippen LogP contribution is 2.20. The zero-order chi connectivity index (χ0) is 18.1. The molecule has 2 aromatic heterocycles. The number of thiazole rings is 1. The number of aromatic nitrogens is 3. The molecular weight excluding hydrogens is 370 g/mol. The molecule has 0 aliphatic heterocycles. The van der Waals surface area contributed by atoms with Crippen molar-refractivity contribution in [2.75, 3.05) is 6.61 Å². The average molecular weight is 384 g/mol. The number of hydrogen-bond acceptors (Lipinski definition) is 5. The van der Waals surface area contributed by atoms with Gasteiger partial charge >= 0.3 is 0 Å². The maximum Gasteiger partial charge on any atom is 0.276 e. The van der Waals surface area contributed by atoms with E-state index >= 15 is 0 Å². The molecule has 0 unspecified atom stereocenters. The molecular formula is C19H14ClN3O2S. The van der Waals surface area contributed by atoms with Crippen LogP contribution in [0.3, 0.4) is 0 Å². The second-order valence-electron chi connectivity index (χ2n) is 5.57. The van der Waals surface area contributed by atoms with Crippen LogP contribution in [0.1, 0.15) is 12.5 Å². The molecule has 0 fully saturated rings. The van der Waals surface area contributed by atoms with Gasteiger partial charge in [0.05, 0.1) is 11.1 Å². The Morgan fingerprint density at radius 3 is 2.54 bits per heavy atom. The van der Waals surface area contributed by atoms with Crippen LogP contribution in [0.4, 0.5) is 0 Å². The van der Waals surface area contributed by atoms with Crippen LogP contribution in [-0.4, -0.2) is 21.2 Å². The first-order valence-corrected chi connectivity index (χ1v) is 9.23. The monoisotopic (exact) mass is 383 g/mol. The summed E-state index contributed by atoms with van der Waals surface area (Å²) < 4.78 is 7.58. The predicted molar refractivity (Wildman–Crippen MR) is 104 cm³/mol. The normalized spacial score (nSPS) is 12.0. The standard InChI is InChI=1S/C19H14ClN3O2S/c1-2-25-15-9-3-12(4-10-15)11-16-18(24)23-17(21-22-19(23)26-16)13-5-7-14(20)8-6-13/h3-11H,2H2,1H3. The van der Waals surface area contributed by atoms with Crippen LogP contribution in [-0.2, 0) is 0 Å². The minimum Gasteiger partial charge on any atom is -0.494 e. The first-order chi connectivity index (χ1) is 12.7. The van der Waals surface area contributed by atoms with Gasteiger partial charge < -0.3 is 4.74 Å². The molecule has 4 rings (SSSR count). The summed E-state index contributed by atoms with van der Waals surface area (Å²) >= 11 is 7.25. The molecule has 0 amide bonds. The highest BCUT2D eigenvalue weighted by Gasteiger charge is 2.14. The van der Waals surface area contributed by atoms with E-state index in [-0.39, 0.29) is 5.56 Å². The van der Waals surface area contributed by atoms with E-state index in [1.165, 1.54) is 15.7 Å². The Morgan fingerprint density at radius 2 is 1.85 bits per heavy atom. The van der Waals surface area contributed by atoms with Gasteiger partial charge in [-0.25, -0.2) is 4.40 Å². The summed E-state index contributed by atoms with van der Waals surface area (Å²) in [6, 6.07) is 14.8. The van der Waals surface area contributed by atoms with Crippen LogP contribution >= 0.6 is 22.9 Å². The summed E-state index contributed by atoms with van der Waals surface area (Å²) in [5.74, 6) is 1.33. The van der Waals surface area contributed by atoms with Crippen LogP contribution in [0.25, 0.3) is 22.4 Å². The molecule has 4 aromatic rings. The number of ether oxygens (including phenoxy) is 1. The van der Waals surface area contributed by atoms with Gasteiger partial charge in [0.2, 0.25) is 4.96 Å². The first-order valence-electron chi connectivity index (χ1n) is 8.04. The van der Waals surface area contributed by atoms with Gasteiger partial charge in [0.15, 0.2) is 5.82 Å². The Kier molecular flexibility index (Phi) is 4.44. The van der Waals surface area contributed by atoms with Crippen molar-refractivity contribution in [3.63, 3.8) is 0 Å². The Morgan fingerprint density at radius 1 is 1.12 bits per heavy atom. The van der Waals surface area contributed by atoms with Gasteiger partial charge in [-0.05, 0) is 55.0 Å². The second-order valence-corrected chi connectivity index (χ2v) is 7.01. The number of fused-ring (bicyclic) bond motifs is 1. The fraction of sp³-hybridized carbons (Fsp3) is 0.105. The van der Waals surface area contributed by atoms with Crippen molar-refractivity contribution in [2.45, 2.75) is 6.92 Å². The van der Waals surface area contributed by atoms with Crippen molar-refractivity contribution in [3.8, 4) is 17.1 Å². The highest BCUT2D eigenvalue weighted by molar-refractivity contribution is 7.15. The third-order valence-corrected chi connectivity index (χ3v) is 5.05. The lowest BCUT2D eigenvalue weighted by Gasteiger charge is -2.01. The van der Waals surface area contributed by atoms with Crippen molar-refractivity contribution in [1.29, 1.82) is 0 Å². The predicted octanol–water partition coefficient (Wildman–Crippen LogP) is 3.42. The summed E-state index contributed by atoms with van der Waals surface area (Å²) in [5.41, 5.74) is 1.59. The molecule has 7 heteroatoms. The van der Waals surface area contributed by atoms with E-state index in [9.17, 15) is 4.79 Å². The zero-order valence-electron chi connectivity index (χ0n) is 13.8. The van der Waals surface area contributed by atoms with E-state index in [2.05, 4.69) is 10.2 Å². The van der Waals surface area contributed by atoms with Gasteiger partial charge in [-0.1, -0.05) is 35.1 Å². The zero-order valence-corrected chi connectivity index (χ0v) is 15.4.